The number of benzene rings is 1. The van der Waals surface area contributed by atoms with Gasteiger partial charge in [0, 0.05) is 23.6 Å². The zero-order valence-corrected chi connectivity index (χ0v) is 16.1. The third kappa shape index (κ3) is 3.06. The SMILES string of the molecule is CCNC(=O)c1cc2c(/C(=N\O)c3cc4c(cc3Cl)OCO4)nc(N)nc2s1. The number of thiophene rings is 1. The average Bonchev–Trinajstić information content (AvgIpc) is 3.28. The van der Waals surface area contributed by atoms with Crippen LogP contribution >= 0.6 is 22.9 Å². The molecule has 3 heterocycles. The Hall–Kier alpha value is -3.11. The number of nitrogens with one attached hydrogen (secondary N) is 1. The summed E-state index contributed by atoms with van der Waals surface area (Å²) in [4.78, 5) is 21.5. The van der Waals surface area contributed by atoms with Crippen molar-refractivity contribution in [2.75, 3.05) is 19.1 Å². The smallest absolute Gasteiger partial charge is 0.261 e. The highest BCUT2D eigenvalue weighted by atomic mass is 35.5. The van der Waals surface area contributed by atoms with Crippen LogP contribution in [0.1, 0.15) is 27.9 Å². The summed E-state index contributed by atoms with van der Waals surface area (Å²) in [5.74, 6) is 0.697. The fourth-order valence-electron chi connectivity index (χ4n) is 2.81. The lowest BCUT2D eigenvalue weighted by Gasteiger charge is -2.09. The fourth-order valence-corrected chi connectivity index (χ4v) is 4.00. The van der Waals surface area contributed by atoms with Gasteiger partial charge in [-0.1, -0.05) is 16.8 Å². The molecule has 0 unspecified atom stereocenters. The molecule has 144 valence electrons. The molecule has 9 nitrogen and oxygen atoms in total. The molecule has 0 aliphatic carbocycles. The number of nitrogen functional groups attached to an aromatic ring is 1. The first-order valence-corrected chi connectivity index (χ1v) is 9.38. The highest BCUT2D eigenvalue weighted by Crippen LogP contribution is 2.38. The monoisotopic (exact) mass is 419 g/mol. The lowest BCUT2D eigenvalue weighted by atomic mass is 10.0. The highest BCUT2D eigenvalue weighted by molar-refractivity contribution is 7.20. The first kappa shape index (κ1) is 18.3. The molecule has 1 aliphatic heterocycles. The maximum absolute atomic E-state index is 12.2. The van der Waals surface area contributed by atoms with E-state index in [-0.39, 0.29) is 35.1 Å². The molecule has 2 aromatic heterocycles. The van der Waals surface area contributed by atoms with Crippen LogP contribution in [0, 0.1) is 0 Å². The molecule has 3 aromatic rings. The number of nitrogens with zero attached hydrogens (tertiary/aromatic N) is 3. The predicted octanol–water partition coefficient (Wildman–Crippen LogP) is 2.63. The molecule has 0 atom stereocenters. The van der Waals surface area contributed by atoms with Gasteiger partial charge in [-0.25, -0.2) is 9.97 Å². The average molecular weight is 420 g/mol. The second kappa shape index (κ2) is 7.13. The Morgan fingerprint density at radius 2 is 2.11 bits per heavy atom. The second-order valence-electron chi connectivity index (χ2n) is 5.75. The number of hydrogen-bond acceptors (Lipinski definition) is 9. The van der Waals surface area contributed by atoms with Crippen molar-refractivity contribution in [1.29, 1.82) is 0 Å². The zero-order valence-electron chi connectivity index (χ0n) is 14.5. The number of nitrogens with two attached hydrogens (primary N) is 1. The molecule has 0 bridgehead atoms. The minimum absolute atomic E-state index is 0.0233. The van der Waals surface area contributed by atoms with E-state index < -0.39 is 0 Å². The van der Waals surface area contributed by atoms with Crippen LogP contribution in [0.4, 0.5) is 5.95 Å². The van der Waals surface area contributed by atoms with Crippen molar-refractivity contribution in [3.8, 4) is 11.5 Å². The van der Waals surface area contributed by atoms with Crippen LogP contribution in [0.5, 0.6) is 11.5 Å². The minimum atomic E-state index is -0.237. The second-order valence-corrected chi connectivity index (χ2v) is 7.19. The molecule has 4 rings (SSSR count). The molecule has 1 aromatic carbocycles. The number of fused-ring (bicyclic) bond motifs is 2. The number of amides is 1. The minimum Gasteiger partial charge on any atom is -0.454 e. The number of ether oxygens (including phenoxy) is 2. The molecule has 0 radical (unpaired) electrons. The molecular weight excluding hydrogens is 406 g/mol. The topological polar surface area (TPSA) is 132 Å². The molecule has 0 saturated carbocycles. The largest absolute Gasteiger partial charge is 0.454 e. The van der Waals surface area contributed by atoms with E-state index >= 15 is 0 Å². The van der Waals surface area contributed by atoms with E-state index in [0.717, 1.165) is 11.3 Å². The van der Waals surface area contributed by atoms with Crippen LogP contribution in [0.25, 0.3) is 10.2 Å². The van der Waals surface area contributed by atoms with Gasteiger partial charge in [-0.3, -0.25) is 4.79 Å². The van der Waals surface area contributed by atoms with Gasteiger partial charge in [-0.2, -0.15) is 0 Å². The zero-order chi connectivity index (χ0) is 19.8. The Balaban J connectivity index is 1.88. The van der Waals surface area contributed by atoms with Crippen LogP contribution in [0.15, 0.2) is 23.4 Å². The van der Waals surface area contributed by atoms with Gasteiger partial charge in [-0.05, 0) is 19.1 Å². The van der Waals surface area contributed by atoms with Crippen LogP contribution in [0.3, 0.4) is 0 Å². The van der Waals surface area contributed by atoms with Crippen LogP contribution in [-0.2, 0) is 0 Å². The van der Waals surface area contributed by atoms with Gasteiger partial charge in [0.2, 0.25) is 12.7 Å². The number of carbonyl (C=O) groups excluding carboxylic acids is 1. The van der Waals surface area contributed by atoms with Gasteiger partial charge in [0.25, 0.3) is 5.91 Å². The van der Waals surface area contributed by atoms with Crippen molar-refractivity contribution >= 4 is 50.7 Å². The van der Waals surface area contributed by atoms with E-state index in [2.05, 4.69) is 20.4 Å². The lowest BCUT2D eigenvalue weighted by Crippen LogP contribution is -2.21. The Kier molecular flexibility index (Phi) is 4.65. The molecular formula is C17H14ClN5O4S. The number of aromatic nitrogens is 2. The first-order valence-electron chi connectivity index (χ1n) is 8.19. The number of carbonyl (C=O) groups is 1. The van der Waals surface area contributed by atoms with Crippen molar-refractivity contribution < 1.29 is 19.5 Å². The van der Waals surface area contributed by atoms with Gasteiger partial charge in [-0.15, -0.1) is 11.3 Å². The lowest BCUT2D eigenvalue weighted by molar-refractivity contribution is 0.0960. The third-order valence-electron chi connectivity index (χ3n) is 4.01. The third-order valence-corrected chi connectivity index (χ3v) is 5.35. The summed E-state index contributed by atoms with van der Waals surface area (Å²) < 4.78 is 10.7. The number of rotatable bonds is 4. The van der Waals surface area contributed by atoms with Gasteiger partial charge in [0.05, 0.1) is 9.90 Å². The Bertz CT molecular complexity index is 1130. The molecule has 0 spiro atoms. The molecule has 0 fully saturated rings. The van der Waals surface area contributed by atoms with Crippen LogP contribution in [0.2, 0.25) is 5.02 Å². The highest BCUT2D eigenvalue weighted by Gasteiger charge is 2.24. The normalized spacial score (nSPS) is 13.1. The maximum Gasteiger partial charge on any atom is 0.261 e. The molecule has 4 N–H and O–H groups in total. The summed E-state index contributed by atoms with van der Waals surface area (Å²) in [7, 11) is 0. The number of hydrogen-bond donors (Lipinski definition) is 3. The summed E-state index contributed by atoms with van der Waals surface area (Å²) >= 11 is 7.52. The van der Waals surface area contributed by atoms with Crippen LogP contribution in [-0.4, -0.2) is 40.1 Å². The summed E-state index contributed by atoms with van der Waals surface area (Å²) in [6.45, 7) is 2.39. The number of oxime groups is 1. The van der Waals surface area contributed by atoms with Gasteiger partial charge >= 0.3 is 0 Å². The first-order chi connectivity index (χ1) is 13.5. The molecule has 28 heavy (non-hydrogen) atoms. The van der Waals surface area contributed by atoms with Crippen molar-refractivity contribution in [3.63, 3.8) is 0 Å². The maximum atomic E-state index is 12.2. The Morgan fingerprint density at radius 1 is 1.36 bits per heavy atom. The van der Waals surface area contributed by atoms with E-state index in [9.17, 15) is 10.0 Å². The number of halogens is 1. The summed E-state index contributed by atoms with van der Waals surface area (Å²) in [5, 5.41) is 16.7. The van der Waals surface area contributed by atoms with E-state index in [1.54, 1.807) is 18.2 Å². The fraction of sp³-hybridized carbons (Fsp3) is 0.176. The summed E-state index contributed by atoms with van der Waals surface area (Å²) in [5.41, 5.74) is 6.53. The number of anilines is 1. The van der Waals surface area contributed by atoms with E-state index in [1.165, 1.54) is 0 Å². The Labute approximate surface area is 167 Å². The molecule has 0 saturated heterocycles. The van der Waals surface area contributed by atoms with Crippen molar-refractivity contribution in [2.24, 2.45) is 5.16 Å². The van der Waals surface area contributed by atoms with Gasteiger partial charge in [0.15, 0.2) is 11.5 Å². The standard InChI is InChI=1S/C17H14ClN5O4S/c1-2-20-15(24)12-4-8-13(21-17(19)22-16(8)28-12)14(23-25)7-3-10-11(5-9(7)18)27-6-26-10/h3-5,25H,2,6H2,1H3,(H,20,24)(H2,19,21,22)/b23-14-. The van der Waals surface area contributed by atoms with Crippen LogP contribution < -0.4 is 20.5 Å². The summed E-state index contributed by atoms with van der Waals surface area (Å²) in [6.07, 6.45) is 0. The van der Waals surface area contributed by atoms with Gasteiger partial charge in [0.1, 0.15) is 16.2 Å². The van der Waals surface area contributed by atoms with E-state index in [4.69, 9.17) is 26.8 Å². The molecule has 11 heteroatoms. The van der Waals surface area contributed by atoms with Gasteiger partial charge < -0.3 is 25.7 Å². The summed E-state index contributed by atoms with van der Waals surface area (Å²) in [6, 6.07) is 4.80. The van der Waals surface area contributed by atoms with E-state index in [0.29, 0.717) is 38.7 Å². The Morgan fingerprint density at radius 3 is 2.82 bits per heavy atom. The molecule has 1 amide bonds. The van der Waals surface area contributed by atoms with Crippen molar-refractivity contribution in [1.82, 2.24) is 15.3 Å². The molecule has 1 aliphatic rings. The van der Waals surface area contributed by atoms with Crippen molar-refractivity contribution in [2.45, 2.75) is 6.92 Å². The predicted molar refractivity (Wildman–Crippen MR) is 105 cm³/mol. The van der Waals surface area contributed by atoms with Crippen molar-refractivity contribution in [3.05, 3.63) is 39.4 Å². The quantitative estimate of drug-likeness (QED) is 0.336. The van der Waals surface area contributed by atoms with E-state index in [1.807, 2.05) is 6.92 Å².